The Morgan fingerprint density at radius 2 is 1.77 bits per heavy atom. The van der Waals surface area contributed by atoms with Gasteiger partial charge in [0.1, 0.15) is 12.1 Å². The Kier molecular flexibility index (Phi) is 10.6. The summed E-state index contributed by atoms with van der Waals surface area (Å²) in [6.07, 6.45) is 2.93. The maximum absolute atomic E-state index is 14.5. The molecule has 4 atom stereocenters. The monoisotopic (exact) mass is 677 g/mol. The molecule has 0 bridgehead atoms. The minimum atomic E-state index is -1.05. The normalized spacial score (nSPS) is 21.6. The van der Waals surface area contributed by atoms with Gasteiger partial charge in [0, 0.05) is 29.5 Å². The number of carbonyl (C=O) groups excluding carboxylic acids is 5. The van der Waals surface area contributed by atoms with Crippen molar-refractivity contribution in [3.8, 4) is 0 Å². The molecule has 2 aliphatic heterocycles. The lowest BCUT2D eigenvalue weighted by Gasteiger charge is -2.35. The van der Waals surface area contributed by atoms with E-state index < -0.39 is 52.6 Å². The maximum atomic E-state index is 14.5. The number of hydrogen-bond acceptors (Lipinski definition) is 7. The predicted octanol–water partition coefficient (Wildman–Crippen LogP) is 3.71. The van der Waals surface area contributed by atoms with Gasteiger partial charge in [-0.05, 0) is 42.4 Å². The SMILES string of the molecule is CCC[C@H](NC(=O)[C@@H]1C[C@]2(CC(c3cccc(Cl)c3)=NO2)CN1C(=O)[C@@H](NC(=O)Cc1ccccc1)C(C)(C)C)C(=O)C(=O)NC1CC1. The second-order valence-corrected chi connectivity index (χ2v) is 14.6. The van der Waals surface area contributed by atoms with Gasteiger partial charge in [0.05, 0.1) is 24.7 Å². The molecule has 2 aromatic carbocycles. The minimum Gasteiger partial charge on any atom is -0.387 e. The Balaban J connectivity index is 1.40. The molecule has 11 nitrogen and oxygen atoms in total. The molecule has 12 heteroatoms. The van der Waals surface area contributed by atoms with Crippen molar-refractivity contribution in [3.05, 3.63) is 70.7 Å². The second kappa shape index (κ2) is 14.5. The number of ketones is 1. The van der Waals surface area contributed by atoms with E-state index in [0.29, 0.717) is 23.6 Å². The van der Waals surface area contributed by atoms with Crippen molar-refractivity contribution in [3.63, 3.8) is 0 Å². The molecule has 1 saturated heterocycles. The van der Waals surface area contributed by atoms with Gasteiger partial charge in [0.25, 0.3) is 5.91 Å². The van der Waals surface area contributed by atoms with E-state index in [1.807, 2.05) is 70.2 Å². The molecular weight excluding hydrogens is 634 g/mol. The molecule has 1 saturated carbocycles. The van der Waals surface area contributed by atoms with Crippen molar-refractivity contribution in [1.82, 2.24) is 20.9 Å². The molecular formula is C36H44ClN5O6. The number of nitrogens with one attached hydrogen (secondary N) is 3. The van der Waals surface area contributed by atoms with E-state index in [0.717, 1.165) is 24.0 Å². The van der Waals surface area contributed by atoms with Gasteiger partial charge in [-0.15, -0.1) is 0 Å². The molecule has 0 radical (unpaired) electrons. The number of oxime groups is 1. The average Bonchev–Trinajstić information content (AvgIpc) is 3.63. The zero-order chi connectivity index (χ0) is 34.6. The Morgan fingerprint density at radius 3 is 2.42 bits per heavy atom. The Labute approximate surface area is 286 Å². The molecule has 2 heterocycles. The summed E-state index contributed by atoms with van der Waals surface area (Å²) in [5.41, 5.74) is 0.446. The fourth-order valence-electron chi connectivity index (χ4n) is 6.23. The van der Waals surface area contributed by atoms with E-state index in [1.54, 1.807) is 12.1 Å². The van der Waals surface area contributed by atoms with Crippen molar-refractivity contribution in [1.29, 1.82) is 0 Å². The third-order valence-corrected chi connectivity index (χ3v) is 9.19. The summed E-state index contributed by atoms with van der Waals surface area (Å²) in [4.78, 5) is 75.1. The quantitative estimate of drug-likeness (QED) is 0.292. The van der Waals surface area contributed by atoms with Gasteiger partial charge < -0.3 is 25.7 Å². The van der Waals surface area contributed by atoms with E-state index in [9.17, 15) is 24.0 Å². The number of benzene rings is 2. The number of amides is 4. The van der Waals surface area contributed by atoms with Crippen molar-refractivity contribution in [2.45, 2.75) is 102 Å². The lowest BCUT2D eigenvalue weighted by molar-refractivity contribution is -0.145. The molecule has 5 rings (SSSR count). The summed E-state index contributed by atoms with van der Waals surface area (Å²) in [7, 11) is 0. The molecule has 2 aromatic rings. The lowest BCUT2D eigenvalue weighted by atomic mass is 9.85. The summed E-state index contributed by atoms with van der Waals surface area (Å²) >= 11 is 6.23. The van der Waals surface area contributed by atoms with Crippen LogP contribution in [0, 0.1) is 5.41 Å². The molecule has 0 aromatic heterocycles. The van der Waals surface area contributed by atoms with Gasteiger partial charge in [0.2, 0.25) is 23.5 Å². The van der Waals surface area contributed by atoms with E-state index in [1.165, 1.54) is 4.90 Å². The Morgan fingerprint density at radius 1 is 1.04 bits per heavy atom. The van der Waals surface area contributed by atoms with Crippen LogP contribution in [-0.4, -0.2) is 76.3 Å². The zero-order valence-electron chi connectivity index (χ0n) is 27.9. The van der Waals surface area contributed by atoms with Crippen LogP contribution in [0.5, 0.6) is 0 Å². The summed E-state index contributed by atoms with van der Waals surface area (Å²) in [6, 6.07) is 13.3. The van der Waals surface area contributed by atoms with Gasteiger partial charge in [-0.2, -0.15) is 0 Å². The van der Waals surface area contributed by atoms with Crippen LogP contribution in [-0.2, 0) is 35.2 Å². The first-order valence-electron chi connectivity index (χ1n) is 16.6. The number of nitrogens with zero attached hydrogens (tertiary/aromatic N) is 2. The minimum absolute atomic E-state index is 0.0122. The molecule has 2 fully saturated rings. The number of rotatable bonds is 12. The zero-order valence-corrected chi connectivity index (χ0v) is 28.6. The van der Waals surface area contributed by atoms with Crippen LogP contribution >= 0.6 is 11.6 Å². The molecule has 3 N–H and O–H groups in total. The molecule has 3 aliphatic rings. The lowest BCUT2D eigenvalue weighted by Crippen LogP contribution is -2.59. The van der Waals surface area contributed by atoms with Crippen molar-refractivity contribution in [2.24, 2.45) is 10.6 Å². The highest BCUT2D eigenvalue weighted by atomic mass is 35.5. The predicted molar refractivity (Wildman–Crippen MR) is 181 cm³/mol. The highest BCUT2D eigenvalue weighted by Gasteiger charge is 2.55. The fourth-order valence-corrected chi connectivity index (χ4v) is 6.42. The summed E-state index contributed by atoms with van der Waals surface area (Å²) < 4.78 is 0. The van der Waals surface area contributed by atoms with E-state index >= 15 is 0 Å². The first kappa shape index (κ1) is 35.1. The van der Waals surface area contributed by atoms with Gasteiger partial charge in [-0.3, -0.25) is 24.0 Å². The Hall–Kier alpha value is -4.25. The van der Waals surface area contributed by atoms with E-state index in [-0.39, 0.29) is 37.8 Å². The topological polar surface area (TPSA) is 146 Å². The van der Waals surface area contributed by atoms with Crippen molar-refractivity contribution >= 4 is 46.7 Å². The molecule has 256 valence electrons. The van der Waals surface area contributed by atoms with Gasteiger partial charge in [-0.1, -0.05) is 93.3 Å². The van der Waals surface area contributed by atoms with Gasteiger partial charge >= 0.3 is 0 Å². The number of Topliss-reactive ketones (excluding diaryl/α,β-unsaturated/α-hetero) is 1. The average molecular weight is 678 g/mol. The fraction of sp³-hybridized carbons (Fsp3) is 0.500. The smallest absolute Gasteiger partial charge is 0.289 e. The number of halogens is 1. The highest BCUT2D eigenvalue weighted by Crippen LogP contribution is 2.40. The third-order valence-electron chi connectivity index (χ3n) is 8.96. The summed E-state index contributed by atoms with van der Waals surface area (Å²) in [6.45, 7) is 7.42. The van der Waals surface area contributed by atoms with Crippen LogP contribution in [0.2, 0.25) is 5.02 Å². The molecule has 48 heavy (non-hydrogen) atoms. The largest absolute Gasteiger partial charge is 0.387 e. The van der Waals surface area contributed by atoms with Crippen molar-refractivity contribution < 1.29 is 28.8 Å². The first-order valence-corrected chi connectivity index (χ1v) is 17.0. The number of likely N-dealkylation sites (tertiary alicyclic amines) is 1. The standard InChI is InChI=1S/C36H44ClN5O6/c1-5-10-26(30(44)33(46)38-25-15-16-25)39-32(45)28-20-36(19-27(41-48-36)23-13-9-14-24(37)18-23)21-42(28)34(47)31(35(2,3)4)40-29(43)17-22-11-7-6-8-12-22/h6-9,11-14,18,25-26,28,31H,5,10,15-17,19-21H2,1-4H3,(H,38,46)(H,39,45)(H,40,43)/t26-,28-,31+,36+/m0/s1. The Bertz CT molecular complexity index is 1590. The van der Waals surface area contributed by atoms with Gasteiger partial charge in [-0.25, -0.2) is 0 Å². The maximum Gasteiger partial charge on any atom is 0.289 e. The van der Waals surface area contributed by atoms with Crippen molar-refractivity contribution in [2.75, 3.05) is 6.54 Å². The van der Waals surface area contributed by atoms with Crippen LogP contribution in [0.3, 0.4) is 0 Å². The second-order valence-electron chi connectivity index (χ2n) is 14.2. The molecule has 1 spiro atoms. The number of carbonyl (C=O) groups is 5. The molecule has 1 aliphatic carbocycles. The van der Waals surface area contributed by atoms with Crippen LogP contribution in [0.1, 0.15) is 77.3 Å². The van der Waals surface area contributed by atoms with E-state index in [4.69, 9.17) is 16.4 Å². The van der Waals surface area contributed by atoms with E-state index in [2.05, 4.69) is 21.1 Å². The van der Waals surface area contributed by atoms with Crippen LogP contribution in [0.4, 0.5) is 0 Å². The molecule has 0 unspecified atom stereocenters. The first-order chi connectivity index (χ1) is 22.8. The molecule has 4 amide bonds. The van der Waals surface area contributed by atoms with Crippen LogP contribution < -0.4 is 16.0 Å². The number of hydrogen-bond donors (Lipinski definition) is 3. The summed E-state index contributed by atoms with van der Waals surface area (Å²) in [5.74, 6) is -2.80. The van der Waals surface area contributed by atoms with Gasteiger partial charge in [0.15, 0.2) is 5.60 Å². The van der Waals surface area contributed by atoms with Crippen LogP contribution in [0.25, 0.3) is 0 Å². The summed E-state index contributed by atoms with van der Waals surface area (Å²) in [5, 5.41) is 13.3. The highest BCUT2D eigenvalue weighted by molar-refractivity contribution is 6.38. The van der Waals surface area contributed by atoms with Crippen LogP contribution in [0.15, 0.2) is 59.8 Å². The third kappa shape index (κ3) is 8.42.